The zero-order valence-electron chi connectivity index (χ0n) is 11.3. The number of rotatable bonds is 5. The van der Waals surface area contributed by atoms with Gasteiger partial charge in [0, 0.05) is 6.42 Å². The third kappa shape index (κ3) is 4.37. The molecular formula is C14H20O4. The highest BCUT2D eigenvalue weighted by atomic mass is 16.5. The molecule has 0 spiro atoms. The molecule has 0 aliphatic heterocycles. The maximum atomic E-state index is 11.9. The van der Waals surface area contributed by atoms with E-state index in [0.29, 0.717) is 17.7 Å². The molecule has 0 saturated heterocycles. The van der Waals surface area contributed by atoms with Crippen LogP contribution < -0.4 is 4.74 Å². The summed E-state index contributed by atoms with van der Waals surface area (Å²) in [6.45, 7) is 5.12. The third-order valence-corrected chi connectivity index (χ3v) is 2.42. The molecule has 0 saturated carbocycles. The first-order chi connectivity index (χ1) is 8.33. The summed E-state index contributed by atoms with van der Waals surface area (Å²) in [6, 6.07) is 6.89. The van der Waals surface area contributed by atoms with E-state index >= 15 is 0 Å². The lowest BCUT2D eigenvalue weighted by atomic mass is 10.0. The van der Waals surface area contributed by atoms with Crippen molar-refractivity contribution in [1.29, 1.82) is 0 Å². The molecule has 0 amide bonds. The van der Waals surface area contributed by atoms with Crippen LogP contribution in [0.2, 0.25) is 0 Å². The van der Waals surface area contributed by atoms with Crippen LogP contribution in [-0.2, 0) is 4.74 Å². The van der Waals surface area contributed by atoms with E-state index in [2.05, 4.69) is 0 Å². The Morgan fingerprint density at radius 3 is 2.56 bits per heavy atom. The lowest BCUT2D eigenvalue weighted by Gasteiger charge is -2.22. The summed E-state index contributed by atoms with van der Waals surface area (Å²) in [7, 11) is 1.51. The fourth-order valence-electron chi connectivity index (χ4n) is 1.80. The molecule has 0 heterocycles. The first-order valence-electron chi connectivity index (χ1n) is 5.90. The number of carbonyl (C=O) groups is 1. The number of esters is 1. The molecular weight excluding hydrogens is 232 g/mol. The standard InChI is InChI=1S/C14H20O4/c1-10(9-14(2,3)16)18-13(15)11-7-5-6-8-12(11)17-4/h5-8,10,16H,9H2,1-4H3/t10-/m0/s1. The summed E-state index contributed by atoms with van der Waals surface area (Å²) < 4.78 is 10.4. The molecule has 0 unspecified atom stereocenters. The Bertz CT molecular complexity index is 407. The summed E-state index contributed by atoms with van der Waals surface area (Å²) >= 11 is 0. The second kappa shape index (κ2) is 5.87. The molecule has 1 rings (SSSR count). The van der Waals surface area contributed by atoms with Gasteiger partial charge in [0.1, 0.15) is 17.4 Å². The summed E-state index contributed by atoms with van der Waals surface area (Å²) in [6.07, 6.45) is 0.0239. The number of methoxy groups -OCH3 is 1. The number of benzene rings is 1. The predicted molar refractivity (Wildman–Crippen MR) is 68.8 cm³/mol. The van der Waals surface area contributed by atoms with Crippen molar-refractivity contribution in [3.63, 3.8) is 0 Å². The molecule has 0 radical (unpaired) electrons. The summed E-state index contributed by atoms with van der Waals surface area (Å²) in [4.78, 5) is 11.9. The smallest absolute Gasteiger partial charge is 0.342 e. The van der Waals surface area contributed by atoms with E-state index in [4.69, 9.17) is 9.47 Å². The number of para-hydroxylation sites is 1. The van der Waals surface area contributed by atoms with Crippen LogP contribution in [0, 0.1) is 0 Å². The van der Waals surface area contributed by atoms with Crippen LogP contribution in [-0.4, -0.2) is 29.9 Å². The molecule has 4 nitrogen and oxygen atoms in total. The number of ether oxygens (including phenoxy) is 2. The second-order valence-electron chi connectivity index (χ2n) is 4.93. The summed E-state index contributed by atoms with van der Waals surface area (Å²) in [5.74, 6) is 0.0437. The van der Waals surface area contributed by atoms with E-state index in [-0.39, 0.29) is 6.10 Å². The molecule has 1 aromatic carbocycles. The van der Waals surface area contributed by atoms with Crippen LogP contribution in [0.5, 0.6) is 5.75 Å². The molecule has 100 valence electrons. The van der Waals surface area contributed by atoms with Crippen molar-refractivity contribution in [2.24, 2.45) is 0 Å². The highest BCUT2D eigenvalue weighted by molar-refractivity contribution is 5.92. The third-order valence-electron chi connectivity index (χ3n) is 2.42. The van der Waals surface area contributed by atoms with Crippen molar-refractivity contribution in [1.82, 2.24) is 0 Å². The zero-order chi connectivity index (χ0) is 13.8. The number of hydrogen-bond acceptors (Lipinski definition) is 4. The average Bonchev–Trinajstić information content (AvgIpc) is 2.26. The zero-order valence-corrected chi connectivity index (χ0v) is 11.3. The van der Waals surface area contributed by atoms with Gasteiger partial charge in [0.2, 0.25) is 0 Å². The Hall–Kier alpha value is -1.55. The maximum absolute atomic E-state index is 11.9. The van der Waals surface area contributed by atoms with Gasteiger partial charge in [-0.25, -0.2) is 4.79 Å². The average molecular weight is 252 g/mol. The normalized spacial score (nSPS) is 12.9. The van der Waals surface area contributed by atoms with Crippen LogP contribution in [0.4, 0.5) is 0 Å². The van der Waals surface area contributed by atoms with Crippen molar-refractivity contribution < 1.29 is 19.4 Å². The van der Waals surface area contributed by atoms with Crippen molar-refractivity contribution in [3.05, 3.63) is 29.8 Å². The van der Waals surface area contributed by atoms with E-state index in [1.165, 1.54) is 7.11 Å². The van der Waals surface area contributed by atoms with Gasteiger partial charge in [-0.15, -0.1) is 0 Å². The first-order valence-corrected chi connectivity index (χ1v) is 5.90. The largest absolute Gasteiger partial charge is 0.496 e. The van der Waals surface area contributed by atoms with Gasteiger partial charge >= 0.3 is 5.97 Å². The summed E-state index contributed by atoms with van der Waals surface area (Å²) in [5, 5.41) is 9.66. The molecule has 0 aliphatic rings. The van der Waals surface area contributed by atoms with Gasteiger partial charge in [-0.05, 0) is 32.9 Å². The SMILES string of the molecule is COc1ccccc1C(=O)O[C@@H](C)CC(C)(C)O. The van der Waals surface area contributed by atoms with Crippen LogP contribution >= 0.6 is 0 Å². The van der Waals surface area contributed by atoms with E-state index in [1.807, 2.05) is 0 Å². The van der Waals surface area contributed by atoms with Crippen molar-refractivity contribution >= 4 is 5.97 Å². The molecule has 4 heteroatoms. The van der Waals surface area contributed by atoms with E-state index in [0.717, 1.165) is 0 Å². The van der Waals surface area contributed by atoms with Crippen LogP contribution in [0.1, 0.15) is 37.6 Å². The van der Waals surface area contributed by atoms with Gasteiger partial charge in [0.05, 0.1) is 12.7 Å². The fraction of sp³-hybridized carbons (Fsp3) is 0.500. The Kier molecular flexibility index (Phi) is 4.73. The lowest BCUT2D eigenvalue weighted by Crippen LogP contribution is -2.27. The Labute approximate surface area is 108 Å². The van der Waals surface area contributed by atoms with Gasteiger partial charge in [-0.2, -0.15) is 0 Å². The van der Waals surface area contributed by atoms with Crippen LogP contribution in [0.3, 0.4) is 0 Å². The molecule has 0 fully saturated rings. The van der Waals surface area contributed by atoms with E-state index in [9.17, 15) is 9.90 Å². The summed E-state index contributed by atoms with van der Waals surface area (Å²) in [5.41, 5.74) is -0.469. The number of carbonyl (C=O) groups excluding carboxylic acids is 1. The van der Waals surface area contributed by atoms with Crippen molar-refractivity contribution in [2.45, 2.75) is 38.9 Å². The van der Waals surface area contributed by atoms with Crippen LogP contribution in [0.25, 0.3) is 0 Å². The Morgan fingerprint density at radius 1 is 1.39 bits per heavy atom. The van der Waals surface area contributed by atoms with Gasteiger partial charge in [0.25, 0.3) is 0 Å². The molecule has 1 atom stereocenters. The predicted octanol–water partition coefficient (Wildman–Crippen LogP) is 2.40. The number of aliphatic hydroxyl groups is 1. The van der Waals surface area contributed by atoms with E-state index < -0.39 is 11.6 Å². The minimum absolute atomic E-state index is 0.359. The van der Waals surface area contributed by atoms with E-state index in [1.54, 1.807) is 45.0 Å². The Balaban J connectivity index is 2.71. The molecule has 18 heavy (non-hydrogen) atoms. The second-order valence-corrected chi connectivity index (χ2v) is 4.93. The number of hydrogen-bond donors (Lipinski definition) is 1. The monoisotopic (exact) mass is 252 g/mol. The topological polar surface area (TPSA) is 55.8 Å². The molecule has 0 bridgehead atoms. The molecule has 1 N–H and O–H groups in total. The van der Waals surface area contributed by atoms with Gasteiger partial charge in [-0.1, -0.05) is 12.1 Å². The lowest BCUT2D eigenvalue weighted by molar-refractivity contribution is -0.00265. The quantitative estimate of drug-likeness (QED) is 0.818. The van der Waals surface area contributed by atoms with Crippen molar-refractivity contribution in [3.8, 4) is 5.75 Å². The minimum atomic E-state index is -0.861. The molecule has 0 aliphatic carbocycles. The Morgan fingerprint density at radius 2 is 2.00 bits per heavy atom. The van der Waals surface area contributed by atoms with Crippen molar-refractivity contribution in [2.75, 3.05) is 7.11 Å². The molecule has 0 aromatic heterocycles. The highest BCUT2D eigenvalue weighted by Crippen LogP contribution is 2.20. The van der Waals surface area contributed by atoms with Crippen LogP contribution in [0.15, 0.2) is 24.3 Å². The molecule has 1 aromatic rings. The highest BCUT2D eigenvalue weighted by Gasteiger charge is 2.21. The van der Waals surface area contributed by atoms with Gasteiger partial charge < -0.3 is 14.6 Å². The first kappa shape index (κ1) is 14.5. The van der Waals surface area contributed by atoms with Gasteiger partial charge in [0.15, 0.2) is 0 Å². The fourth-order valence-corrected chi connectivity index (χ4v) is 1.80. The maximum Gasteiger partial charge on any atom is 0.342 e. The van der Waals surface area contributed by atoms with Gasteiger partial charge in [-0.3, -0.25) is 0 Å². The minimum Gasteiger partial charge on any atom is -0.496 e.